The summed E-state index contributed by atoms with van der Waals surface area (Å²) in [5, 5.41) is 16.9. The number of hydrogen-bond acceptors (Lipinski definition) is 10. The van der Waals surface area contributed by atoms with Gasteiger partial charge < -0.3 is 18.9 Å². The summed E-state index contributed by atoms with van der Waals surface area (Å²) in [6.45, 7) is 4.29. The third kappa shape index (κ3) is 6.94. The topological polar surface area (TPSA) is 120 Å². The Labute approximate surface area is 254 Å². The Hall–Kier alpha value is -5.06. The highest BCUT2D eigenvalue weighted by atomic mass is 16.7. The van der Waals surface area contributed by atoms with E-state index in [2.05, 4.69) is 20.5 Å². The smallest absolute Gasteiger partial charge is 0.338 e. The Morgan fingerprint density at radius 2 is 0.818 bits per heavy atom. The molecule has 10 nitrogen and oxygen atoms in total. The molecule has 0 radical (unpaired) electrons. The molecule has 0 bridgehead atoms. The average molecular weight is 591 g/mol. The van der Waals surface area contributed by atoms with Crippen LogP contribution in [0.15, 0.2) is 118 Å². The summed E-state index contributed by atoms with van der Waals surface area (Å²) < 4.78 is 23.1. The molecule has 6 rings (SSSR count). The summed E-state index contributed by atoms with van der Waals surface area (Å²) in [6, 6.07) is 28.7. The molecular weight excluding hydrogens is 560 g/mol. The molecule has 0 unspecified atom stereocenters. The van der Waals surface area contributed by atoms with Crippen LogP contribution in [0.25, 0.3) is 0 Å². The van der Waals surface area contributed by atoms with Gasteiger partial charge in [-0.3, -0.25) is 0 Å². The van der Waals surface area contributed by atoms with Gasteiger partial charge in [0.2, 0.25) is 0 Å². The first kappa shape index (κ1) is 29.0. The van der Waals surface area contributed by atoms with E-state index >= 15 is 0 Å². The van der Waals surface area contributed by atoms with Crippen molar-refractivity contribution >= 4 is 34.7 Å². The number of fused-ring (bicyclic) bond motifs is 1. The van der Waals surface area contributed by atoms with E-state index in [1.807, 2.05) is 62.4 Å². The lowest BCUT2D eigenvalue weighted by Gasteiger charge is -2.17. The number of azo groups is 2. The zero-order valence-corrected chi connectivity index (χ0v) is 24.2. The molecule has 222 valence electrons. The van der Waals surface area contributed by atoms with Gasteiger partial charge in [-0.05, 0) is 86.6 Å². The maximum absolute atomic E-state index is 12.8. The number of esters is 2. The predicted molar refractivity (Wildman–Crippen MR) is 161 cm³/mol. The Bertz CT molecular complexity index is 1540. The molecule has 2 fully saturated rings. The lowest BCUT2D eigenvalue weighted by molar-refractivity contribution is -0.0287. The highest BCUT2D eigenvalue weighted by Crippen LogP contribution is 2.32. The maximum Gasteiger partial charge on any atom is 0.338 e. The molecule has 2 saturated heterocycles. The molecule has 0 aromatic heterocycles. The van der Waals surface area contributed by atoms with Crippen molar-refractivity contribution in [3.05, 3.63) is 119 Å². The largest absolute Gasteiger partial charge is 0.453 e. The Kier molecular flexibility index (Phi) is 8.62. The second-order valence-corrected chi connectivity index (χ2v) is 10.6. The van der Waals surface area contributed by atoms with Crippen molar-refractivity contribution in [2.75, 3.05) is 13.2 Å². The summed E-state index contributed by atoms with van der Waals surface area (Å²) in [5.41, 5.74) is 5.72. The van der Waals surface area contributed by atoms with Gasteiger partial charge in [0.25, 0.3) is 0 Å². The van der Waals surface area contributed by atoms with E-state index in [0.717, 1.165) is 22.5 Å². The van der Waals surface area contributed by atoms with Crippen LogP contribution in [0.1, 0.15) is 31.8 Å². The molecular formula is C34H30N4O6. The van der Waals surface area contributed by atoms with Crippen LogP contribution >= 0.6 is 0 Å². The molecule has 0 N–H and O–H groups in total. The molecule has 0 saturated carbocycles. The second kappa shape index (κ2) is 13.1. The van der Waals surface area contributed by atoms with Crippen LogP contribution in [0.4, 0.5) is 22.7 Å². The van der Waals surface area contributed by atoms with Crippen molar-refractivity contribution in [1.29, 1.82) is 0 Å². The van der Waals surface area contributed by atoms with Crippen LogP contribution in [0.5, 0.6) is 0 Å². The number of carbonyl (C=O) groups excluding carboxylic acids is 2. The molecule has 2 heterocycles. The van der Waals surface area contributed by atoms with E-state index in [9.17, 15) is 9.59 Å². The van der Waals surface area contributed by atoms with Gasteiger partial charge in [-0.2, -0.15) is 20.5 Å². The quantitative estimate of drug-likeness (QED) is 0.153. The highest BCUT2D eigenvalue weighted by Gasteiger charge is 2.51. The number of benzene rings is 4. The molecule has 4 aromatic rings. The fraction of sp³-hybridized carbons (Fsp3) is 0.235. The van der Waals surface area contributed by atoms with Crippen LogP contribution in [-0.4, -0.2) is 49.6 Å². The normalized spacial score (nSPS) is 21.0. The number of nitrogens with zero attached hydrogens (tertiary/aromatic N) is 4. The number of ether oxygens (including phenoxy) is 4. The number of carbonyl (C=O) groups is 2. The van der Waals surface area contributed by atoms with Gasteiger partial charge in [-0.1, -0.05) is 35.4 Å². The van der Waals surface area contributed by atoms with Crippen LogP contribution in [0, 0.1) is 13.8 Å². The highest BCUT2D eigenvalue weighted by molar-refractivity contribution is 5.90. The second-order valence-electron chi connectivity index (χ2n) is 10.6. The van der Waals surface area contributed by atoms with E-state index in [4.69, 9.17) is 18.9 Å². The summed E-state index contributed by atoms with van der Waals surface area (Å²) in [6.07, 6.45) is -2.33. The zero-order chi connectivity index (χ0) is 30.5. The summed E-state index contributed by atoms with van der Waals surface area (Å²) in [7, 11) is 0. The van der Waals surface area contributed by atoms with E-state index < -0.39 is 36.4 Å². The van der Waals surface area contributed by atoms with Crippen molar-refractivity contribution in [2.45, 2.75) is 38.3 Å². The van der Waals surface area contributed by atoms with Gasteiger partial charge in [0.05, 0.1) is 47.1 Å². The zero-order valence-electron chi connectivity index (χ0n) is 24.2. The van der Waals surface area contributed by atoms with Crippen molar-refractivity contribution in [3.8, 4) is 0 Å². The monoisotopic (exact) mass is 590 g/mol. The third-order valence-electron chi connectivity index (χ3n) is 7.32. The van der Waals surface area contributed by atoms with Crippen molar-refractivity contribution in [3.63, 3.8) is 0 Å². The lowest BCUT2D eigenvalue weighted by Crippen LogP contribution is -2.36. The number of rotatable bonds is 8. The van der Waals surface area contributed by atoms with Gasteiger partial charge >= 0.3 is 11.9 Å². The molecule has 0 spiro atoms. The van der Waals surface area contributed by atoms with Gasteiger partial charge in [-0.25, -0.2) is 9.59 Å². The minimum absolute atomic E-state index is 0.138. The van der Waals surface area contributed by atoms with Crippen molar-refractivity contribution in [2.24, 2.45) is 20.5 Å². The van der Waals surface area contributed by atoms with Crippen LogP contribution in [0.2, 0.25) is 0 Å². The molecule has 10 heteroatoms. The van der Waals surface area contributed by atoms with E-state index in [0.29, 0.717) is 22.5 Å². The average Bonchev–Trinajstić information content (AvgIpc) is 3.64. The summed E-state index contributed by atoms with van der Waals surface area (Å²) >= 11 is 0. The molecule has 4 atom stereocenters. The first-order chi connectivity index (χ1) is 21.4. The van der Waals surface area contributed by atoms with Crippen LogP contribution < -0.4 is 0 Å². The van der Waals surface area contributed by atoms with Crippen molar-refractivity contribution in [1.82, 2.24) is 0 Å². The molecule has 0 aliphatic carbocycles. The van der Waals surface area contributed by atoms with Gasteiger partial charge in [-0.15, -0.1) is 0 Å². The Balaban J connectivity index is 0.996. The third-order valence-corrected chi connectivity index (χ3v) is 7.32. The number of aryl methyl sites for hydroxylation is 2. The first-order valence-corrected chi connectivity index (χ1v) is 14.2. The molecule has 2 aliphatic heterocycles. The molecule has 2 aliphatic rings. The van der Waals surface area contributed by atoms with E-state index in [-0.39, 0.29) is 13.2 Å². The van der Waals surface area contributed by atoms with Gasteiger partial charge in [0.1, 0.15) is 12.2 Å². The van der Waals surface area contributed by atoms with E-state index in [1.54, 1.807) is 48.5 Å². The van der Waals surface area contributed by atoms with Crippen LogP contribution in [0.3, 0.4) is 0 Å². The molecule has 44 heavy (non-hydrogen) atoms. The molecule has 0 amide bonds. The summed E-state index contributed by atoms with van der Waals surface area (Å²) in [5.74, 6) is -1.02. The fourth-order valence-corrected chi connectivity index (χ4v) is 4.82. The van der Waals surface area contributed by atoms with Gasteiger partial charge in [0.15, 0.2) is 12.2 Å². The number of hydrogen-bond donors (Lipinski definition) is 0. The minimum atomic E-state index is -0.629. The first-order valence-electron chi connectivity index (χ1n) is 14.2. The minimum Gasteiger partial charge on any atom is -0.453 e. The Morgan fingerprint density at radius 3 is 1.14 bits per heavy atom. The SMILES string of the molecule is Cc1ccc(N=Nc2ccc(C(=O)O[C@H]3CO[C@H]4[C@@H]3OC[C@H]4OC(=O)c3ccc(N=Nc4ccc(C)cc4)cc3)cc2)cc1. The van der Waals surface area contributed by atoms with Crippen LogP contribution in [-0.2, 0) is 18.9 Å². The lowest BCUT2D eigenvalue weighted by atomic mass is 10.1. The van der Waals surface area contributed by atoms with Crippen molar-refractivity contribution < 1.29 is 28.5 Å². The molecule has 4 aromatic carbocycles. The summed E-state index contributed by atoms with van der Waals surface area (Å²) in [4.78, 5) is 25.7. The maximum atomic E-state index is 12.8. The van der Waals surface area contributed by atoms with E-state index in [1.165, 1.54) is 0 Å². The predicted octanol–water partition coefficient (Wildman–Crippen LogP) is 7.68. The van der Waals surface area contributed by atoms with Gasteiger partial charge in [0, 0.05) is 0 Å². The standard InChI is InChI=1S/C34H30N4O6/c1-21-3-11-25(12-4-21)35-37-27-15-7-23(8-16-27)33(39)43-29-19-41-32-30(20-42-31(29)32)44-34(40)24-9-17-28(18-10-24)38-36-26-13-5-22(2)6-14-26/h3-18,29-32H,19-20H2,1-2H3/t29-,30+,31-,32-/m1/s1. The Morgan fingerprint density at radius 1 is 0.523 bits per heavy atom. The fourth-order valence-electron chi connectivity index (χ4n) is 4.82.